The first kappa shape index (κ1) is 14.0. The summed E-state index contributed by atoms with van der Waals surface area (Å²) in [6.45, 7) is 0.702. The molecule has 0 heterocycles. The predicted octanol–water partition coefficient (Wildman–Crippen LogP) is 2.98. The zero-order valence-electron chi connectivity index (χ0n) is 13.2. The normalized spacial score (nSPS) is 43.8. The average Bonchev–Trinajstić information content (AvgIpc) is 2.44. The summed E-state index contributed by atoms with van der Waals surface area (Å²) in [5, 5.41) is 3.29. The van der Waals surface area contributed by atoms with Crippen molar-refractivity contribution in [2.24, 2.45) is 28.9 Å². The lowest BCUT2D eigenvalue weighted by atomic mass is 9.49. The third kappa shape index (κ3) is 2.52. The molecule has 0 spiro atoms. The monoisotopic (exact) mass is 290 g/mol. The molecule has 5 rings (SSSR count). The van der Waals surface area contributed by atoms with Crippen molar-refractivity contribution in [3.63, 3.8) is 0 Å². The average molecular weight is 290 g/mol. The van der Waals surface area contributed by atoms with E-state index >= 15 is 0 Å². The molecule has 118 valence electrons. The van der Waals surface area contributed by atoms with Crippen molar-refractivity contribution < 1.29 is 4.79 Å². The number of hydrogen-bond acceptors (Lipinski definition) is 2. The standard InChI is InChI=1S/C18H30N2O/c19-18(4-2-1-3-5-18)12-20-16(21)17-9-13-6-14(10-17)8-15(7-13)11-17/h13-15H,1-12,19H2,(H,20,21). The molecule has 0 aromatic heterocycles. The number of nitrogens with two attached hydrogens (primary N) is 1. The lowest BCUT2D eigenvalue weighted by Crippen LogP contribution is -2.57. The summed E-state index contributed by atoms with van der Waals surface area (Å²) in [5.74, 6) is 2.85. The van der Waals surface area contributed by atoms with Gasteiger partial charge in [-0.1, -0.05) is 19.3 Å². The quantitative estimate of drug-likeness (QED) is 0.839. The summed E-state index contributed by atoms with van der Waals surface area (Å²) < 4.78 is 0. The third-order valence-corrected chi connectivity index (χ3v) is 6.97. The van der Waals surface area contributed by atoms with Crippen LogP contribution in [0.1, 0.15) is 70.6 Å². The van der Waals surface area contributed by atoms with Crippen molar-refractivity contribution in [1.82, 2.24) is 5.32 Å². The summed E-state index contributed by atoms with van der Waals surface area (Å²) >= 11 is 0. The third-order valence-electron chi connectivity index (χ3n) is 6.97. The molecule has 0 saturated heterocycles. The van der Waals surface area contributed by atoms with Gasteiger partial charge in [0.05, 0.1) is 0 Å². The van der Waals surface area contributed by atoms with Crippen molar-refractivity contribution >= 4 is 5.91 Å². The van der Waals surface area contributed by atoms with Crippen LogP contribution in [-0.4, -0.2) is 18.0 Å². The van der Waals surface area contributed by atoms with Crippen molar-refractivity contribution in [1.29, 1.82) is 0 Å². The molecule has 0 radical (unpaired) electrons. The van der Waals surface area contributed by atoms with Gasteiger partial charge in [-0.25, -0.2) is 0 Å². The zero-order chi connectivity index (χ0) is 14.5. The van der Waals surface area contributed by atoms with Crippen LogP contribution in [0, 0.1) is 23.2 Å². The predicted molar refractivity (Wildman–Crippen MR) is 83.6 cm³/mol. The van der Waals surface area contributed by atoms with Gasteiger partial charge in [0.2, 0.25) is 5.91 Å². The highest BCUT2D eigenvalue weighted by atomic mass is 16.2. The van der Waals surface area contributed by atoms with E-state index in [0.29, 0.717) is 12.5 Å². The van der Waals surface area contributed by atoms with Gasteiger partial charge in [-0.15, -0.1) is 0 Å². The Kier molecular flexibility index (Phi) is 3.33. The van der Waals surface area contributed by atoms with E-state index in [1.165, 1.54) is 38.5 Å². The molecule has 3 heteroatoms. The molecule has 21 heavy (non-hydrogen) atoms. The fraction of sp³-hybridized carbons (Fsp3) is 0.944. The van der Waals surface area contributed by atoms with Gasteiger partial charge in [-0.3, -0.25) is 4.79 Å². The molecule has 0 atom stereocenters. The first-order valence-electron chi connectivity index (χ1n) is 9.14. The summed E-state index contributed by atoms with van der Waals surface area (Å²) in [4.78, 5) is 12.9. The fourth-order valence-corrected chi connectivity index (χ4v) is 6.27. The fourth-order valence-electron chi connectivity index (χ4n) is 6.27. The topological polar surface area (TPSA) is 55.1 Å². The maximum absolute atomic E-state index is 12.9. The van der Waals surface area contributed by atoms with E-state index in [-0.39, 0.29) is 11.0 Å². The van der Waals surface area contributed by atoms with E-state index < -0.39 is 0 Å². The van der Waals surface area contributed by atoms with E-state index in [4.69, 9.17) is 5.73 Å². The van der Waals surface area contributed by atoms with Gasteiger partial charge in [0, 0.05) is 17.5 Å². The molecule has 1 amide bonds. The van der Waals surface area contributed by atoms with Crippen LogP contribution in [0.25, 0.3) is 0 Å². The SMILES string of the molecule is NC1(CNC(=O)C23CC4CC(CC(C4)C2)C3)CCCCC1. The number of hydrogen-bond donors (Lipinski definition) is 2. The Hall–Kier alpha value is -0.570. The van der Waals surface area contributed by atoms with Crippen LogP contribution in [0.4, 0.5) is 0 Å². The van der Waals surface area contributed by atoms with Crippen LogP contribution in [0.3, 0.4) is 0 Å². The van der Waals surface area contributed by atoms with Gasteiger partial charge in [-0.05, 0) is 69.1 Å². The Morgan fingerprint density at radius 1 is 0.952 bits per heavy atom. The maximum atomic E-state index is 12.9. The van der Waals surface area contributed by atoms with Gasteiger partial charge in [-0.2, -0.15) is 0 Å². The molecule has 0 aliphatic heterocycles. The first-order valence-corrected chi connectivity index (χ1v) is 9.14. The van der Waals surface area contributed by atoms with E-state index in [9.17, 15) is 4.79 Å². The Morgan fingerprint density at radius 2 is 1.48 bits per heavy atom. The molecular formula is C18H30N2O. The minimum absolute atomic E-state index is 0.0141. The lowest BCUT2D eigenvalue weighted by Gasteiger charge is -2.55. The van der Waals surface area contributed by atoms with E-state index in [2.05, 4.69) is 5.32 Å². The number of carbonyl (C=O) groups is 1. The van der Waals surface area contributed by atoms with Gasteiger partial charge >= 0.3 is 0 Å². The van der Waals surface area contributed by atoms with Crippen molar-refractivity contribution in [3.05, 3.63) is 0 Å². The van der Waals surface area contributed by atoms with E-state index in [1.807, 2.05) is 0 Å². The summed E-state index contributed by atoms with van der Waals surface area (Å²) in [6.07, 6.45) is 13.6. The molecule has 5 fully saturated rings. The van der Waals surface area contributed by atoms with Crippen LogP contribution >= 0.6 is 0 Å². The van der Waals surface area contributed by atoms with Gasteiger partial charge in [0.15, 0.2) is 0 Å². The second kappa shape index (κ2) is 4.97. The van der Waals surface area contributed by atoms with Crippen LogP contribution < -0.4 is 11.1 Å². The Bertz CT molecular complexity index is 390. The molecule has 5 saturated carbocycles. The minimum Gasteiger partial charge on any atom is -0.354 e. The number of nitrogens with one attached hydrogen (secondary N) is 1. The summed E-state index contributed by atoms with van der Waals surface area (Å²) in [6, 6.07) is 0. The second-order valence-electron chi connectivity index (χ2n) is 8.80. The Balaban J connectivity index is 1.41. The molecule has 3 N–H and O–H groups in total. The number of carbonyl (C=O) groups excluding carboxylic acids is 1. The van der Waals surface area contributed by atoms with Crippen molar-refractivity contribution in [3.8, 4) is 0 Å². The van der Waals surface area contributed by atoms with Crippen molar-refractivity contribution in [2.45, 2.75) is 76.2 Å². The van der Waals surface area contributed by atoms with Crippen LogP contribution in [0.2, 0.25) is 0 Å². The molecular weight excluding hydrogens is 260 g/mol. The van der Waals surface area contributed by atoms with Gasteiger partial charge < -0.3 is 11.1 Å². The van der Waals surface area contributed by atoms with Crippen molar-refractivity contribution in [2.75, 3.05) is 6.54 Å². The second-order valence-corrected chi connectivity index (χ2v) is 8.80. The van der Waals surface area contributed by atoms with Crippen LogP contribution in [0.15, 0.2) is 0 Å². The molecule has 0 aromatic carbocycles. The smallest absolute Gasteiger partial charge is 0.226 e. The Morgan fingerprint density at radius 3 is 2.00 bits per heavy atom. The Labute approximate surface area is 128 Å². The van der Waals surface area contributed by atoms with Crippen LogP contribution in [-0.2, 0) is 4.79 Å². The first-order chi connectivity index (χ1) is 10.1. The summed E-state index contributed by atoms with van der Waals surface area (Å²) in [7, 11) is 0. The molecule has 5 aliphatic carbocycles. The highest BCUT2D eigenvalue weighted by molar-refractivity contribution is 5.83. The minimum atomic E-state index is -0.129. The number of rotatable bonds is 3. The highest BCUT2D eigenvalue weighted by Crippen LogP contribution is 2.60. The molecule has 3 nitrogen and oxygen atoms in total. The largest absolute Gasteiger partial charge is 0.354 e. The molecule has 0 unspecified atom stereocenters. The van der Waals surface area contributed by atoms with Crippen LogP contribution in [0.5, 0.6) is 0 Å². The maximum Gasteiger partial charge on any atom is 0.226 e. The van der Waals surface area contributed by atoms with E-state index in [0.717, 1.165) is 49.9 Å². The molecule has 0 aromatic rings. The zero-order valence-corrected chi connectivity index (χ0v) is 13.2. The van der Waals surface area contributed by atoms with E-state index in [1.54, 1.807) is 0 Å². The lowest BCUT2D eigenvalue weighted by molar-refractivity contribution is -0.146. The summed E-state index contributed by atoms with van der Waals surface area (Å²) in [5.41, 5.74) is 6.34. The van der Waals surface area contributed by atoms with Gasteiger partial charge in [0.25, 0.3) is 0 Å². The van der Waals surface area contributed by atoms with Gasteiger partial charge in [0.1, 0.15) is 0 Å². The highest BCUT2D eigenvalue weighted by Gasteiger charge is 2.54. The molecule has 4 bridgehead atoms. The molecule has 5 aliphatic rings. The number of amides is 1.